The summed E-state index contributed by atoms with van der Waals surface area (Å²) in [5, 5.41) is 0.778. The van der Waals surface area contributed by atoms with E-state index >= 15 is 0 Å². The third kappa shape index (κ3) is 4.86. The second-order valence-electron chi connectivity index (χ2n) is 7.41. The largest absolute Gasteiger partial charge is 0.379 e. The Hall–Kier alpha value is -1.93. The summed E-state index contributed by atoms with van der Waals surface area (Å²) in [7, 11) is 0. The molecule has 5 nitrogen and oxygen atoms in total. The Morgan fingerprint density at radius 1 is 1.20 bits per heavy atom. The lowest BCUT2D eigenvalue weighted by molar-refractivity contribution is 0.0376. The van der Waals surface area contributed by atoms with Gasteiger partial charge < -0.3 is 4.74 Å². The number of thiazole rings is 1. The molecule has 0 radical (unpaired) electrons. The fraction of sp³-hybridized carbons (Fsp3) is 0.391. The van der Waals surface area contributed by atoms with E-state index in [4.69, 9.17) is 9.72 Å². The van der Waals surface area contributed by atoms with E-state index in [1.807, 2.05) is 41.5 Å². The smallest absolute Gasteiger partial charge is 0.260 e. The number of thioether (sulfide) groups is 1. The maximum Gasteiger partial charge on any atom is 0.260 e. The summed E-state index contributed by atoms with van der Waals surface area (Å²) in [5.41, 5.74) is 2.83. The van der Waals surface area contributed by atoms with Gasteiger partial charge in [0.25, 0.3) is 5.91 Å². The standard InChI is InChI=1S/C23H27N3O2S2/c1-17-5-3-6-20-21(17)24-23(30-20)26(12-4-11-25-13-15-28-16-14-25)22(27)18-7-9-19(29-2)10-8-18/h3,5-10H,4,11-16H2,1-2H3. The van der Waals surface area contributed by atoms with Gasteiger partial charge in [0.05, 0.1) is 23.4 Å². The summed E-state index contributed by atoms with van der Waals surface area (Å²) in [5.74, 6) is 0.0151. The fourth-order valence-corrected chi connectivity index (χ4v) is 5.12. The number of aryl methyl sites for hydroxylation is 1. The van der Waals surface area contributed by atoms with E-state index in [1.165, 1.54) is 0 Å². The van der Waals surface area contributed by atoms with Gasteiger partial charge in [-0.2, -0.15) is 0 Å². The van der Waals surface area contributed by atoms with E-state index in [9.17, 15) is 4.79 Å². The number of ether oxygens (including phenoxy) is 1. The first-order valence-corrected chi connectivity index (χ1v) is 12.3. The number of aromatic nitrogens is 1. The summed E-state index contributed by atoms with van der Waals surface area (Å²) < 4.78 is 6.56. The predicted molar refractivity (Wildman–Crippen MR) is 126 cm³/mol. The SMILES string of the molecule is CSc1ccc(C(=O)N(CCCN2CCOCC2)c2nc3c(C)cccc3s2)cc1. The molecule has 1 aromatic heterocycles. The quantitative estimate of drug-likeness (QED) is 0.498. The Balaban J connectivity index is 1.57. The van der Waals surface area contributed by atoms with Gasteiger partial charge in [-0.15, -0.1) is 11.8 Å². The molecule has 3 aromatic rings. The minimum atomic E-state index is 0.0151. The molecule has 1 fully saturated rings. The molecule has 1 aliphatic rings. The van der Waals surface area contributed by atoms with Crippen LogP contribution in [0.1, 0.15) is 22.3 Å². The summed E-state index contributed by atoms with van der Waals surface area (Å²) >= 11 is 3.27. The summed E-state index contributed by atoms with van der Waals surface area (Å²) in [6.45, 7) is 7.19. The van der Waals surface area contributed by atoms with Gasteiger partial charge in [-0.05, 0) is 55.5 Å². The fourth-order valence-electron chi connectivity index (χ4n) is 3.64. The number of hydrogen-bond donors (Lipinski definition) is 0. The van der Waals surface area contributed by atoms with Crippen LogP contribution in [0.3, 0.4) is 0 Å². The van der Waals surface area contributed by atoms with Gasteiger partial charge in [-0.25, -0.2) is 4.98 Å². The van der Waals surface area contributed by atoms with Crippen LogP contribution in [0.25, 0.3) is 10.2 Å². The molecule has 2 heterocycles. The van der Waals surface area contributed by atoms with Crippen LogP contribution in [-0.4, -0.2) is 61.4 Å². The Morgan fingerprint density at radius 3 is 2.67 bits per heavy atom. The number of fused-ring (bicyclic) bond motifs is 1. The van der Waals surface area contributed by atoms with Crippen molar-refractivity contribution >= 4 is 44.4 Å². The number of anilines is 1. The molecule has 30 heavy (non-hydrogen) atoms. The van der Waals surface area contributed by atoms with Crippen molar-refractivity contribution < 1.29 is 9.53 Å². The zero-order valence-electron chi connectivity index (χ0n) is 17.5. The molecular formula is C23H27N3O2S2. The van der Waals surface area contributed by atoms with E-state index in [2.05, 4.69) is 24.0 Å². The third-order valence-corrected chi connectivity index (χ3v) is 7.17. The van der Waals surface area contributed by atoms with Crippen molar-refractivity contribution in [2.75, 3.05) is 50.5 Å². The van der Waals surface area contributed by atoms with Crippen molar-refractivity contribution in [2.24, 2.45) is 0 Å². The molecule has 0 saturated carbocycles. The highest BCUT2D eigenvalue weighted by Crippen LogP contribution is 2.31. The van der Waals surface area contributed by atoms with Crippen molar-refractivity contribution in [1.82, 2.24) is 9.88 Å². The first kappa shape index (κ1) is 21.3. The molecule has 0 atom stereocenters. The zero-order valence-corrected chi connectivity index (χ0v) is 19.1. The van der Waals surface area contributed by atoms with Gasteiger partial charge in [0, 0.05) is 36.6 Å². The second-order valence-corrected chi connectivity index (χ2v) is 9.30. The number of nitrogens with zero attached hydrogens (tertiary/aromatic N) is 3. The number of morpholine rings is 1. The lowest BCUT2D eigenvalue weighted by Crippen LogP contribution is -2.39. The van der Waals surface area contributed by atoms with Crippen molar-refractivity contribution in [1.29, 1.82) is 0 Å². The van der Waals surface area contributed by atoms with Crippen molar-refractivity contribution in [3.05, 3.63) is 53.6 Å². The number of carbonyl (C=O) groups is 1. The number of para-hydroxylation sites is 1. The van der Waals surface area contributed by atoms with Crippen LogP contribution >= 0.6 is 23.1 Å². The first-order valence-electron chi connectivity index (χ1n) is 10.3. The molecule has 7 heteroatoms. The molecule has 1 amide bonds. The molecule has 4 rings (SSSR count). The van der Waals surface area contributed by atoms with Gasteiger partial charge in [0.1, 0.15) is 0 Å². The molecule has 0 aliphatic carbocycles. The Labute approximate surface area is 186 Å². The molecule has 2 aromatic carbocycles. The minimum absolute atomic E-state index is 0.0151. The number of benzene rings is 2. The van der Waals surface area contributed by atoms with Gasteiger partial charge in [0.15, 0.2) is 5.13 Å². The lowest BCUT2D eigenvalue weighted by atomic mass is 10.2. The van der Waals surface area contributed by atoms with Crippen LogP contribution in [-0.2, 0) is 4.74 Å². The Bertz CT molecular complexity index is 997. The average Bonchev–Trinajstić information content (AvgIpc) is 3.22. The number of rotatable bonds is 7. The number of hydrogen-bond acceptors (Lipinski definition) is 6. The van der Waals surface area contributed by atoms with E-state index in [0.29, 0.717) is 12.1 Å². The summed E-state index contributed by atoms with van der Waals surface area (Å²) in [4.78, 5) is 23.7. The molecule has 0 bridgehead atoms. The highest BCUT2D eigenvalue weighted by atomic mass is 32.2. The van der Waals surface area contributed by atoms with Crippen molar-refractivity contribution in [3.63, 3.8) is 0 Å². The Kier molecular flexibility index (Phi) is 7.04. The van der Waals surface area contributed by atoms with Gasteiger partial charge >= 0.3 is 0 Å². The van der Waals surface area contributed by atoms with Crippen LogP contribution in [0.5, 0.6) is 0 Å². The highest BCUT2D eigenvalue weighted by molar-refractivity contribution is 7.98. The maximum atomic E-state index is 13.4. The molecular weight excluding hydrogens is 414 g/mol. The van der Waals surface area contributed by atoms with E-state index in [0.717, 1.165) is 65.1 Å². The van der Waals surface area contributed by atoms with Crippen LogP contribution in [0.15, 0.2) is 47.4 Å². The molecule has 0 spiro atoms. The number of carbonyl (C=O) groups excluding carboxylic acids is 1. The minimum Gasteiger partial charge on any atom is -0.379 e. The van der Waals surface area contributed by atoms with E-state index in [1.54, 1.807) is 23.1 Å². The Morgan fingerprint density at radius 2 is 1.97 bits per heavy atom. The monoisotopic (exact) mass is 441 g/mol. The van der Waals surface area contributed by atoms with E-state index < -0.39 is 0 Å². The molecule has 1 saturated heterocycles. The first-order chi connectivity index (χ1) is 14.7. The summed E-state index contributed by atoms with van der Waals surface area (Å²) in [6, 6.07) is 14.0. The molecule has 0 N–H and O–H groups in total. The van der Waals surface area contributed by atoms with E-state index in [-0.39, 0.29) is 5.91 Å². The van der Waals surface area contributed by atoms with Crippen LogP contribution in [0.2, 0.25) is 0 Å². The topological polar surface area (TPSA) is 45.7 Å². The lowest BCUT2D eigenvalue weighted by Gasteiger charge is -2.27. The maximum absolute atomic E-state index is 13.4. The number of amides is 1. The van der Waals surface area contributed by atoms with Gasteiger partial charge in [0.2, 0.25) is 0 Å². The van der Waals surface area contributed by atoms with Crippen molar-refractivity contribution in [3.8, 4) is 0 Å². The molecule has 1 aliphatic heterocycles. The second kappa shape index (κ2) is 9.92. The average molecular weight is 442 g/mol. The molecule has 0 unspecified atom stereocenters. The summed E-state index contributed by atoms with van der Waals surface area (Å²) in [6.07, 6.45) is 2.95. The van der Waals surface area contributed by atoms with Crippen LogP contribution in [0, 0.1) is 6.92 Å². The molecule has 158 valence electrons. The van der Waals surface area contributed by atoms with Gasteiger partial charge in [-0.3, -0.25) is 14.6 Å². The zero-order chi connectivity index (χ0) is 20.9. The van der Waals surface area contributed by atoms with Crippen LogP contribution < -0.4 is 4.90 Å². The third-order valence-electron chi connectivity index (χ3n) is 5.38. The highest BCUT2D eigenvalue weighted by Gasteiger charge is 2.22. The normalized spacial score (nSPS) is 14.9. The van der Waals surface area contributed by atoms with Crippen molar-refractivity contribution in [2.45, 2.75) is 18.2 Å². The van der Waals surface area contributed by atoms with Gasteiger partial charge in [-0.1, -0.05) is 23.5 Å². The van der Waals surface area contributed by atoms with Crippen LogP contribution in [0.4, 0.5) is 5.13 Å². The predicted octanol–water partition coefficient (Wildman–Crippen LogP) is 4.70.